The first-order valence-corrected chi connectivity index (χ1v) is 7.70. The molecule has 0 fully saturated rings. The Hall–Kier alpha value is -1.44. The predicted octanol–water partition coefficient (Wildman–Crippen LogP) is 1.21. The summed E-state index contributed by atoms with van der Waals surface area (Å²) in [6.45, 7) is 3.42. The number of sulfonamides is 1. The molecule has 0 aliphatic carbocycles. The highest BCUT2D eigenvalue weighted by Crippen LogP contribution is 2.19. The summed E-state index contributed by atoms with van der Waals surface area (Å²) < 4.78 is 27.0. The van der Waals surface area contributed by atoms with E-state index in [0.29, 0.717) is 12.8 Å². The molecule has 1 unspecified atom stereocenters. The second kappa shape index (κ2) is 6.34. The molecule has 3 N–H and O–H groups in total. The largest absolute Gasteiger partial charge is 0.478 e. The molecule has 0 heterocycles. The lowest BCUT2D eigenvalue weighted by atomic mass is 9.97. The summed E-state index contributed by atoms with van der Waals surface area (Å²) in [5, 5.41) is 17.8. The van der Waals surface area contributed by atoms with E-state index in [1.807, 2.05) is 6.92 Å². The van der Waals surface area contributed by atoms with Gasteiger partial charge >= 0.3 is 5.97 Å². The Balaban J connectivity index is 3.01. The van der Waals surface area contributed by atoms with Crippen LogP contribution in [-0.2, 0) is 10.0 Å². The van der Waals surface area contributed by atoms with Gasteiger partial charge in [0.25, 0.3) is 0 Å². The number of aliphatic hydroxyl groups excluding tert-OH is 1. The molecule has 0 aliphatic heterocycles. The maximum Gasteiger partial charge on any atom is 0.335 e. The Labute approximate surface area is 118 Å². The quantitative estimate of drug-likeness (QED) is 0.702. The van der Waals surface area contributed by atoms with Gasteiger partial charge in [0.2, 0.25) is 10.0 Å². The molecule has 20 heavy (non-hydrogen) atoms. The third kappa shape index (κ3) is 4.03. The van der Waals surface area contributed by atoms with Crippen LogP contribution in [-0.4, -0.2) is 36.7 Å². The lowest BCUT2D eigenvalue weighted by Gasteiger charge is -2.28. The Morgan fingerprint density at radius 2 is 1.85 bits per heavy atom. The third-order valence-corrected chi connectivity index (χ3v) is 4.89. The minimum atomic E-state index is -3.75. The Morgan fingerprint density at radius 3 is 2.25 bits per heavy atom. The van der Waals surface area contributed by atoms with Gasteiger partial charge in [-0.1, -0.05) is 6.92 Å². The number of benzene rings is 1. The van der Waals surface area contributed by atoms with Crippen molar-refractivity contribution >= 4 is 16.0 Å². The van der Waals surface area contributed by atoms with E-state index in [9.17, 15) is 13.2 Å². The molecule has 1 rings (SSSR count). The van der Waals surface area contributed by atoms with Crippen molar-refractivity contribution in [3.63, 3.8) is 0 Å². The van der Waals surface area contributed by atoms with Crippen molar-refractivity contribution in [2.24, 2.45) is 0 Å². The SMILES string of the molecule is CCC(C)(CCO)NS(=O)(=O)c1ccc(C(=O)O)cc1. The fraction of sp³-hybridized carbons (Fsp3) is 0.462. The van der Waals surface area contributed by atoms with E-state index < -0.39 is 21.5 Å². The van der Waals surface area contributed by atoms with E-state index in [1.165, 1.54) is 24.3 Å². The average molecular weight is 301 g/mol. The number of carboxylic acids is 1. The fourth-order valence-corrected chi connectivity index (χ4v) is 3.21. The molecule has 0 bridgehead atoms. The summed E-state index contributed by atoms with van der Waals surface area (Å²) >= 11 is 0. The number of nitrogens with one attached hydrogen (secondary N) is 1. The number of carbonyl (C=O) groups is 1. The third-order valence-electron chi connectivity index (χ3n) is 3.24. The van der Waals surface area contributed by atoms with Gasteiger partial charge < -0.3 is 10.2 Å². The van der Waals surface area contributed by atoms with Gasteiger partial charge in [-0.3, -0.25) is 0 Å². The van der Waals surface area contributed by atoms with Crippen LogP contribution in [0.15, 0.2) is 29.2 Å². The molecule has 0 aliphatic rings. The normalized spacial score (nSPS) is 14.8. The number of aromatic carboxylic acids is 1. The zero-order valence-corrected chi connectivity index (χ0v) is 12.3. The van der Waals surface area contributed by atoms with Gasteiger partial charge in [0.15, 0.2) is 0 Å². The van der Waals surface area contributed by atoms with Crippen LogP contribution >= 0.6 is 0 Å². The van der Waals surface area contributed by atoms with Crippen molar-refractivity contribution in [3.05, 3.63) is 29.8 Å². The highest BCUT2D eigenvalue weighted by molar-refractivity contribution is 7.89. The Kier molecular flexibility index (Phi) is 5.27. The zero-order chi connectivity index (χ0) is 15.4. The second-order valence-electron chi connectivity index (χ2n) is 4.82. The van der Waals surface area contributed by atoms with Crippen LogP contribution in [0.2, 0.25) is 0 Å². The average Bonchev–Trinajstić information content (AvgIpc) is 2.38. The second-order valence-corrected chi connectivity index (χ2v) is 6.51. The Bertz CT molecular complexity index is 567. The number of hydrogen-bond donors (Lipinski definition) is 3. The maximum absolute atomic E-state index is 12.2. The summed E-state index contributed by atoms with van der Waals surface area (Å²) in [5.41, 5.74) is -0.712. The predicted molar refractivity (Wildman–Crippen MR) is 74.1 cm³/mol. The number of hydrogen-bond acceptors (Lipinski definition) is 4. The minimum absolute atomic E-state index is 0.000106. The van der Waals surface area contributed by atoms with E-state index in [4.69, 9.17) is 10.2 Å². The summed E-state index contributed by atoms with van der Waals surface area (Å²) in [4.78, 5) is 10.7. The molecule has 0 spiro atoms. The summed E-state index contributed by atoms with van der Waals surface area (Å²) in [5.74, 6) is -1.11. The van der Waals surface area contributed by atoms with E-state index in [2.05, 4.69) is 4.72 Å². The molecule has 0 radical (unpaired) electrons. The fourth-order valence-electron chi connectivity index (χ4n) is 1.71. The number of rotatable bonds is 7. The van der Waals surface area contributed by atoms with Gasteiger partial charge in [-0.2, -0.15) is 0 Å². The van der Waals surface area contributed by atoms with E-state index in [1.54, 1.807) is 6.92 Å². The highest BCUT2D eigenvalue weighted by Gasteiger charge is 2.28. The van der Waals surface area contributed by atoms with Crippen molar-refractivity contribution in [2.45, 2.75) is 37.1 Å². The molecule has 7 heteroatoms. The van der Waals surface area contributed by atoms with Gasteiger partial charge in [0.1, 0.15) is 0 Å². The van der Waals surface area contributed by atoms with Crippen LogP contribution in [0.3, 0.4) is 0 Å². The van der Waals surface area contributed by atoms with Crippen LogP contribution in [0.1, 0.15) is 37.0 Å². The molecule has 1 aromatic rings. The monoisotopic (exact) mass is 301 g/mol. The van der Waals surface area contributed by atoms with E-state index in [-0.39, 0.29) is 17.1 Å². The molecular formula is C13H19NO5S. The van der Waals surface area contributed by atoms with Crippen molar-refractivity contribution in [2.75, 3.05) is 6.61 Å². The summed E-state index contributed by atoms with van der Waals surface area (Å²) in [6, 6.07) is 4.99. The van der Waals surface area contributed by atoms with Crippen LogP contribution in [0.25, 0.3) is 0 Å². The lowest BCUT2D eigenvalue weighted by Crippen LogP contribution is -2.46. The Morgan fingerprint density at radius 1 is 1.30 bits per heavy atom. The smallest absolute Gasteiger partial charge is 0.335 e. The van der Waals surface area contributed by atoms with Crippen molar-refractivity contribution in [3.8, 4) is 0 Å². The molecule has 0 aromatic heterocycles. The molecule has 0 saturated carbocycles. The molecule has 1 atom stereocenters. The molecular weight excluding hydrogens is 282 g/mol. The van der Waals surface area contributed by atoms with Crippen LogP contribution in [0, 0.1) is 0 Å². The highest BCUT2D eigenvalue weighted by atomic mass is 32.2. The van der Waals surface area contributed by atoms with Crippen molar-refractivity contribution in [1.82, 2.24) is 4.72 Å². The van der Waals surface area contributed by atoms with E-state index in [0.717, 1.165) is 0 Å². The van der Waals surface area contributed by atoms with Gasteiger partial charge in [0, 0.05) is 12.1 Å². The van der Waals surface area contributed by atoms with Gasteiger partial charge in [-0.05, 0) is 44.0 Å². The minimum Gasteiger partial charge on any atom is -0.478 e. The summed E-state index contributed by atoms with van der Waals surface area (Å²) in [6.07, 6.45) is 0.829. The molecule has 1 aromatic carbocycles. The number of carboxylic acid groups (broad SMARTS) is 1. The van der Waals surface area contributed by atoms with Crippen LogP contribution in [0.4, 0.5) is 0 Å². The zero-order valence-electron chi connectivity index (χ0n) is 11.5. The first-order valence-electron chi connectivity index (χ1n) is 6.22. The summed E-state index contributed by atoms with van der Waals surface area (Å²) in [7, 11) is -3.75. The molecule has 0 saturated heterocycles. The standard InChI is InChI=1S/C13H19NO5S/c1-3-13(2,8-9-15)14-20(18,19)11-6-4-10(5-7-11)12(16)17/h4-7,14-15H,3,8-9H2,1-2H3,(H,16,17). The van der Waals surface area contributed by atoms with Crippen molar-refractivity contribution < 1.29 is 23.4 Å². The molecule has 112 valence electrons. The molecule has 0 amide bonds. The number of aliphatic hydroxyl groups is 1. The van der Waals surface area contributed by atoms with Gasteiger partial charge in [-0.15, -0.1) is 0 Å². The van der Waals surface area contributed by atoms with Gasteiger partial charge in [0.05, 0.1) is 10.5 Å². The van der Waals surface area contributed by atoms with Crippen LogP contribution < -0.4 is 4.72 Å². The van der Waals surface area contributed by atoms with Gasteiger partial charge in [-0.25, -0.2) is 17.9 Å². The van der Waals surface area contributed by atoms with Crippen LogP contribution in [0.5, 0.6) is 0 Å². The lowest BCUT2D eigenvalue weighted by molar-refractivity contribution is 0.0696. The van der Waals surface area contributed by atoms with E-state index >= 15 is 0 Å². The maximum atomic E-state index is 12.2. The first-order chi connectivity index (χ1) is 9.24. The molecule has 6 nitrogen and oxygen atoms in total. The van der Waals surface area contributed by atoms with Crippen molar-refractivity contribution in [1.29, 1.82) is 0 Å². The topological polar surface area (TPSA) is 104 Å². The first kappa shape index (κ1) is 16.6.